The van der Waals surface area contributed by atoms with Crippen LogP contribution in [0.4, 0.5) is 0 Å². The summed E-state index contributed by atoms with van der Waals surface area (Å²) in [6.45, 7) is 6.44. The summed E-state index contributed by atoms with van der Waals surface area (Å²) < 4.78 is 2.90. The van der Waals surface area contributed by atoms with E-state index in [9.17, 15) is 9.90 Å². The Morgan fingerprint density at radius 1 is 1.55 bits per heavy atom. The highest BCUT2D eigenvalue weighted by molar-refractivity contribution is 9.10. The molecule has 0 aromatic carbocycles. The smallest absolute Gasteiger partial charge is 0.306 e. The van der Waals surface area contributed by atoms with E-state index in [1.807, 2.05) is 18.7 Å². The minimum atomic E-state index is -0.652. The first-order valence-electron chi connectivity index (χ1n) is 7.12. The molecule has 0 radical (unpaired) electrons. The van der Waals surface area contributed by atoms with E-state index < -0.39 is 5.97 Å². The van der Waals surface area contributed by atoms with Gasteiger partial charge in [-0.1, -0.05) is 13.8 Å². The van der Waals surface area contributed by atoms with Crippen molar-refractivity contribution in [2.24, 2.45) is 24.3 Å². The van der Waals surface area contributed by atoms with Crippen molar-refractivity contribution < 1.29 is 9.90 Å². The summed E-state index contributed by atoms with van der Waals surface area (Å²) in [5, 5.41) is 13.9. The third kappa shape index (κ3) is 3.08. The van der Waals surface area contributed by atoms with E-state index in [1.165, 1.54) is 0 Å². The average molecular weight is 343 g/mol. The summed E-state index contributed by atoms with van der Waals surface area (Å²) >= 11 is 3.58. The molecule has 2 atom stereocenters. The van der Waals surface area contributed by atoms with E-state index >= 15 is 0 Å². The quantitative estimate of drug-likeness (QED) is 0.913. The molecular weight excluding hydrogens is 320 g/mol. The summed E-state index contributed by atoms with van der Waals surface area (Å²) in [5.74, 6) is -0.701. The fourth-order valence-corrected chi connectivity index (χ4v) is 3.92. The van der Waals surface area contributed by atoms with Crippen LogP contribution in [0.25, 0.3) is 0 Å². The Kier molecular flexibility index (Phi) is 4.28. The van der Waals surface area contributed by atoms with Crippen molar-refractivity contribution in [3.05, 3.63) is 15.9 Å². The van der Waals surface area contributed by atoms with Crippen molar-refractivity contribution >= 4 is 21.9 Å². The van der Waals surface area contributed by atoms with Crippen LogP contribution in [-0.2, 0) is 18.3 Å². The van der Waals surface area contributed by atoms with Crippen molar-refractivity contribution in [1.82, 2.24) is 9.78 Å². The molecule has 2 rings (SSSR count). The topological polar surface area (TPSA) is 55.1 Å². The van der Waals surface area contributed by atoms with Gasteiger partial charge in [0, 0.05) is 7.05 Å². The summed E-state index contributed by atoms with van der Waals surface area (Å²) in [7, 11) is 1.93. The second-order valence-electron chi connectivity index (χ2n) is 6.79. The fraction of sp³-hybridized carbons (Fsp3) is 0.733. The van der Waals surface area contributed by atoms with Crippen LogP contribution in [-0.4, -0.2) is 20.9 Å². The molecule has 1 aromatic heterocycles. The Balaban J connectivity index is 2.25. The Bertz CT molecular complexity index is 522. The van der Waals surface area contributed by atoms with E-state index in [4.69, 9.17) is 0 Å². The van der Waals surface area contributed by atoms with Crippen LogP contribution in [0.15, 0.2) is 4.47 Å². The van der Waals surface area contributed by atoms with Gasteiger partial charge >= 0.3 is 5.97 Å². The van der Waals surface area contributed by atoms with Gasteiger partial charge in [0.2, 0.25) is 0 Å². The number of hydrogen-bond acceptors (Lipinski definition) is 2. The molecule has 0 amide bonds. The maximum Gasteiger partial charge on any atom is 0.306 e. The molecule has 0 saturated heterocycles. The normalized spacial score (nSPS) is 25.6. The number of nitrogens with zero attached hydrogens (tertiary/aromatic N) is 2. The monoisotopic (exact) mass is 342 g/mol. The second kappa shape index (κ2) is 5.51. The lowest BCUT2D eigenvalue weighted by Gasteiger charge is -2.39. The van der Waals surface area contributed by atoms with Crippen LogP contribution >= 0.6 is 15.9 Å². The largest absolute Gasteiger partial charge is 0.481 e. The van der Waals surface area contributed by atoms with Gasteiger partial charge in [0.15, 0.2) is 0 Å². The van der Waals surface area contributed by atoms with Gasteiger partial charge in [0.25, 0.3) is 0 Å². The van der Waals surface area contributed by atoms with Crippen molar-refractivity contribution in [1.29, 1.82) is 0 Å². The third-order valence-corrected chi connectivity index (χ3v) is 5.58. The number of aryl methyl sites for hydroxylation is 2. The molecule has 0 aliphatic heterocycles. The fourth-order valence-electron chi connectivity index (χ4n) is 3.43. The molecule has 112 valence electrons. The first-order valence-corrected chi connectivity index (χ1v) is 7.91. The predicted molar refractivity (Wildman–Crippen MR) is 81.6 cm³/mol. The lowest BCUT2D eigenvalue weighted by molar-refractivity contribution is -0.146. The van der Waals surface area contributed by atoms with E-state index in [1.54, 1.807) is 0 Å². The van der Waals surface area contributed by atoms with Gasteiger partial charge in [-0.25, -0.2) is 0 Å². The Hall–Kier alpha value is -0.840. The second-order valence-corrected chi connectivity index (χ2v) is 7.58. The number of carboxylic acid groups (broad SMARTS) is 1. The van der Waals surface area contributed by atoms with Gasteiger partial charge in [0.1, 0.15) is 0 Å². The van der Waals surface area contributed by atoms with Crippen molar-refractivity contribution in [3.63, 3.8) is 0 Å². The Morgan fingerprint density at radius 2 is 2.20 bits per heavy atom. The summed E-state index contributed by atoms with van der Waals surface area (Å²) in [6, 6.07) is 0. The molecular formula is C15H23BrN2O2. The molecule has 1 aliphatic rings. The highest BCUT2D eigenvalue weighted by Crippen LogP contribution is 2.43. The summed E-state index contributed by atoms with van der Waals surface area (Å²) in [6.07, 6.45) is 3.51. The number of hydrogen-bond donors (Lipinski definition) is 1. The number of aliphatic carboxylic acids is 1. The van der Waals surface area contributed by atoms with Crippen LogP contribution in [0, 0.1) is 24.2 Å². The molecule has 1 fully saturated rings. The average Bonchev–Trinajstić information content (AvgIpc) is 2.54. The molecule has 1 saturated carbocycles. The highest BCUT2D eigenvalue weighted by atomic mass is 79.9. The van der Waals surface area contributed by atoms with Gasteiger partial charge in [-0.2, -0.15) is 5.10 Å². The number of rotatable bonds is 3. The molecule has 20 heavy (non-hydrogen) atoms. The van der Waals surface area contributed by atoms with E-state index in [-0.39, 0.29) is 17.3 Å². The minimum Gasteiger partial charge on any atom is -0.481 e. The van der Waals surface area contributed by atoms with Crippen LogP contribution in [0.2, 0.25) is 0 Å². The lowest BCUT2D eigenvalue weighted by atomic mass is 9.66. The Labute approximate surface area is 128 Å². The molecule has 5 heteroatoms. The SMILES string of the molecule is Cc1nn(C)c(CC2CC(C)(C)CCC2C(=O)O)c1Br. The highest BCUT2D eigenvalue weighted by Gasteiger charge is 2.39. The molecule has 1 aliphatic carbocycles. The molecule has 1 heterocycles. The zero-order chi connectivity index (χ0) is 15.1. The number of carboxylic acids is 1. The molecule has 4 nitrogen and oxygen atoms in total. The minimum absolute atomic E-state index is 0.183. The van der Waals surface area contributed by atoms with Gasteiger partial charge in [0.05, 0.1) is 21.8 Å². The predicted octanol–water partition coefficient (Wildman–Crippen LogP) is 3.56. The first kappa shape index (κ1) is 15.5. The lowest BCUT2D eigenvalue weighted by Crippen LogP contribution is -2.35. The van der Waals surface area contributed by atoms with Crippen molar-refractivity contribution in [3.8, 4) is 0 Å². The van der Waals surface area contributed by atoms with Gasteiger partial charge in [-0.15, -0.1) is 0 Å². The van der Waals surface area contributed by atoms with E-state index in [2.05, 4.69) is 34.9 Å². The van der Waals surface area contributed by atoms with Gasteiger partial charge in [-0.3, -0.25) is 9.48 Å². The van der Waals surface area contributed by atoms with Crippen LogP contribution in [0.3, 0.4) is 0 Å². The summed E-state index contributed by atoms with van der Waals surface area (Å²) in [5.41, 5.74) is 2.30. The number of aromatic nitrogens is 2. The molecule has 2 unspecified atom stereocenters. The molecule has 1 aromatic rings. The van der Waals surface area contributed by atoms with Crippen LogP contribution in [0.1, 0.15) is 44.5 Å². The number of carbonyl (C=O) groups is 1. The van der Waals surface area contributed by atoms with Crippen molar-refractivity contribution in [2.45, 2.75) is 46.5 Å². The van der Waals surface area contributed by atoms with E-state index in [0.29, 0.717) is 0 Å². The van der Waals surface area contributed by atoms with Gasteiger partial charge in [-0.05, 0) is 59.9 Å². The zero-order valence-corrected chi connectivity index (χ0v) is 14.2. The van der Waals surface area contributed by atoms with Crippen LogP contribution in [0.5, 0.6) is 0 Å². The number of halogens is 1. The zero-order valence-electron chi connectivity index (χ0n) is 12.6. The maximum atomic E-state index is 11.5. The standard InChI is InChI=1S/C15H23BrN2O2/c1-9-13(16)12(18(4)17-9)7-10-8-15(2,3)6-5-11(10)14(19)20/h10-11H,5-8H2,1-4H3,(H,19,20). The molecule has 0 bridgehead atoms. The maximum absolute atomic E-state index is 11.5. The Morgan fingerprint density at radius 3 is 2.70 bits per heavy atom. The van der Waals surface area contributed by atoms with Gasteiger partial charge < -0.3 is 5.11 Å². The summed E-state index contributed by atoms with van der Waals surface area (Å²) in [4.78, 5) is 11.5. The van der Waals surface area contributed by atoms with Crippen LogP contribution < -0.4 is 0 Å². The molecule has 1 N–H and O–H groups in total. The molecule has 0 spiro atoms. The third-order valence-electron chi connectivity index (χ3n) is 4.55. The first-order chi connectivity index (χ1) is 9.21. The van der Waals surface area contributed by atoms with E-state index in [0.717, 1.165) is 41.5 Å². The van der Waals surface area contributed by atoms with Crippen molar-refractivity contribution in [2.75, 3.05) is 0 Å².